The van der Waals surface area contributed by atoms with Gasteiger partial charge in [0.2, 0.25) is 5.91 Å². The standard InChI is InChI=1S/C23H25N3O4/c27-21-8-4-7-19-17-12-18(20(26(19)21)11-16-5-2-1-3-6-16)14-25(13-17)22(28)15-24-9-10-30-23(24)29/h1-8,17-18,20H,9-15H2/t17-,18+,20+/m1/s1. The molecule has 2 saturated heterocycles. The van der Waals surface area contributed by atoms with Crippen LogP contribution in [0.2, 0.25) is 0 Å². The van der Waals surface area contributed by atoms with E-state index in [2.05, 4.69) is 12.1 Å². The third-order valence-electron chi connectivity index (χ3n) is 6.61. The summed E-state index contributed by atoms with van der Waals surface area (Å²) in [7, 11) is 0. The van der Waals surface area contributed by atoms with Gasteiger partial charge in [-0.25, -0.2) is 4.79 Å². The SMILES string of the molecule is O=C(CN1CCOC1=O)N1C[C@H]2C[C@@H](C1)[C@H](Cc1ccccc1)n1c2cccc1=O. The van der Waals surface area contributed by atoms with Gasteiger partial charge in [0.15, 0.2) is 0 Å². The van der Waals surface area contributed by atoms with Gasteiger partial charge in [-0.3, -0.25) is 14.5 Å². The zero-order valence-corrected chi connectivity index (χ0v) is 16.8. The Balaban J connectivity index is 1.43. The van der Waals surface area contributed by atoms with Crippen molar-refractivity contribution in [3.05, 3.63) is 70.1 Å². The quantitative estimate of drug-likeness (QED) is 0.778. The highest BCUT2D eigenvalue weighted by atomic mass is 16.6. The van der Waals surface area contributed by atoms with Gasteiger partial charge in [0.25, 0.3) is 5.56 Å². The maximum absolute atomic E-state index is 13.0. The predicted octanol–water partition coefficient (Wildman–Crippen LogP) is 2.03. The first kappa shape index (κ1) is 18.9. The minimum atomic E-state index is -0.417. The minimum absolute atomic E-state index is 0.0136. The van der Waals surface area contributed by atoms with Crippen LogP contribution in [-0.2, 0) is 16.0 Å². The highest BCUT2D eigenvalue weighted by molar-refractivity contribution is 5.83. The number of fused-ring (bicyclic) bond motifs is 4. The number of carbonyl (C=O) groups excluding carboxylic acids is 2. The van der Waals surface area contributed by atoms with E-state index in [0.29, 0.717) is 26.2 Å². The number of aromatic nitrogens is 1. The molecule has 5 rings (SSSR count). The molecule has 0 N–H and O–H groups in total. The van der Waals surface area contributed by atoms with Gasteiger partial charge in [-0.05, 0) is 30.4 Å². The molecule has 3 aliphatic rings. The second kappa shape index (κ2) is 7.63. The van der Waals surface area contributed by atoms with Crippen molar-refractivity contribution in [3.63, 3.8) is 0 Å². The Hall–Kier alpha value is -3.09. The van der Waals surface area contributed by atoms with Crippen LogP contribution < -0.4 is 5.56 Å². The number of amides is 2. The zero-order chi connectivity index (χ0) is 20.7. The Morgan fingerprint density at radius 2 is 1.87 bits per heavy atom. The van der Waals surface area contributed by atoms with Crippen LogP contribution in [-0.4, -0.2) is 59.2 Å². The first-order valence-corrected chi connectivity index (χ1v) is 10.5. The van der Waals surface area contributed by atoms with Gasteiger partial charge in [0.1, 0.15) is 13.2 Å². The van der Waals surface area contributed by atoms with E-state index in [4.69, 9.17) is 4.74 Å². The van der Waals surface area contributed by atoms with Gasteiger partial charge in [0.05, 0.1) is 6.54 Å². The first-order valence-electron chi connectivity index (χ1n) is 10.5. The lowest BCUT2D eigenvalue weighted by molar-refractivity contribution is -0.134. The summed E-state index contributed by atoms with van der Waals surface area (Å²) < 4.78 is 6.91. The number of benzene rings is 1. The predicted molar refractivity (Wildman–Crippen MR) is 110 cm³/mol. The van der Waals surface area contributed by atoms with E-state index in [1.165, 1.54) is 10.5 Å². The van der Waals surface area contributed by atoms with E-state index in [9.17, 15) is 14.4 Å². The maximum atomic E-state index is 13.0. The van der Waals surface area contributed by atoms with Crippen LogP contribution in [0.5, 0.6) is 0 Å². The molecule has 7 nitrogen and oxygen atoms in total. The number of likely N-dealkylation sites (tertiary alicyclic amines) is 1. The summed E-state index contributed by atoms with van der Waals surface area (Å²) in [5.41, 5.74) is 2.23. The Kier molecular flexibility index (Phi) is 4.81. The van der Waals surface area contributed by atoms with E-state index in [1.807, 2.05) is 39.8 Å². The Morgan fingerprint density at radius 3 is 2.63 bits per heavy atom. The van der Waals surface area contributed by atoms with E-state index < -0.39 is 6.09 Å². The minimum Gasteiger partial charge on any atom is -0.448 e. The van der Waals surface area contributed by atoms with Crippen LogP contribution in [0.25, 0.3) is 0 Å². The molecule has 2 amide bonds. The van der Waals surface area contributed by atoms with Crippen LogP contribution in [0, 0.1) is 5.92 Å². The molecule has 0 unspecified atom stereocenters. The number of piperidine rings is 1. The highest BCUT2D eigenvalue weighted by Crippen LogP contribution is 2.42. The number of pyridine rings is 1. The van der Waals surface area contributed by atoms with E-state index >= 15 is 0 Å². The lowest BCUT2D eigenvalue weighted by atomic mass is 9.76. The van der Waals surface area contributed by atoms with Gasteiger partial charge >= 0.3 is 6.09 Å². The second-order valence-electron chi connectivity index (χ2n) is 8.44. The number of nitrogens with zero attached hydrogens (tertiary/aromatic N) is 3. The lowest BCUT2D eigenvalue weighted by Gasteiger charge is -2.47. The molecule has 3 aliphatic heterocycles. The normalized spacial score (nSPS) is 25.1. The fourth-order valence-electron chi connectivity index (χ4n) is 5.20. The summed E-state index contributed by atoms with van der Waals surface area (Å²) in [4.78, 5) is 40.9. The monoisotopic (exact) mass is 407 g/mol. The highest BCUT2D eigenvalue weighted by Gasteiger charge is 2.42. The molecular weight excluding hydrogens is 382 g/mol. The van der Waals surface area contributed by atoms with Gasteiger partial charge in [-0.1, -0.05) is 36.4 Å². The van der Waals surface area contributed by atoms with Crippen molar-refractivity contribution >= 4 is 12.0 Å². The number of ether oxygens (including phenoxy) is 1. The summed E-state index contributed by atoms with van der Waals surface area (Å²) in [5.74, 6) is 0.291. The second-order valence-corrected chi connectivity index (χ2v) is 8.44. The molecule has 2 fully saturated rings. The molecule has 2 aromatic rings. The molecule has 0 spiro atoms. The average molecular weight is 407 g/mol. The maximum Gasteiger partial charge on any atom is 0.410 e. The summed E-state index contributed by atoms with van der Waals surface area (Å²) in [5, 5.41) is 0. The molecule has 1 aromatic carbocycles. The number of cyclic esters (lactones) is 1. The molecule has 0 aliphatic carbocycles. The average Bonchev–Trinajstić information content (AvgIpc) is 3.16. The number of hydrogen-bond acceptors (Lipinski definition) is 4. The van der Waals surface area contributed by atoms with Crippen molar-refractivity contribution in [2.45, 2.75) is 24.8 Å². The molecule has 156 valence electrons. The number of carbonyl (C=O) groups is 2. The van der Waals surface area contributed by atoms with Crippen LogP contribution in [0.1, 0.15) is 29.6 Å². The summed E-state index contributed by atoms with van der Waals surface area (Å²) >= 11 is 0. The van der Waals surface area contributed by atoms with Crippen molar-refractivity contribution < 1.29 is 14.3 Å². The van der Waals surface area contributed by atoms with Gasteiger partial charge in [-0.2, -0.15) is 0 Å². The third kappa shape index (κ3) is 3.38. The van der Waals surface area contributed by atoms with Crippen molar-refractivity contribution in [1.29, 1.82) is 0 Å². The van der Waals surface area contributed by atoms with Crippen molar-refractivity contribution in [2.75, 3.05) is 32.8 Å². The third-order valence-corrected chi connectivity index (χ3v) is 6.61. The van der Waals surface area contributed by atoms with Crippen LogP contribution in [0.3, 0.4) is 0 Å². The lowest BCUT2D eigenvalue weighted by Crippen LogP contribution is -2.53. The number of rotatable bonds is 4. The summed E-state index contributed by atoms with van der Waals surface area (Å²) in [6, 6.07) is 15.7. The smallest absolute Gasteiger partial charge is 0.410 e. The van der Waals surface area contributed by atoms with Gasteiger partial charge in [0, 0.05) is 36.8 Å². The molecule has 2 bridgehead atoms. The largest absolute Gasteiger partial charge is 0.448 e. The Bertz CT molecular complexity index is 1020. The van der Waals surface area contributed by atoms with Crippen LogP contribution in [0.15, 0.2) is 53.3 Å². The topological polar surface area (TPSA) is 71.8 Å². The van der Waals surface area contributed by atoms with Crippen LogP contribution >= 0.6 is 0 Å². The molecule has 4 heterocycles. The zero-order valence-electron chi connectivity index (χ0n) is 16.8. The van der Waals surface area contributed by atoms with Gasteiger partial charge in [-0.15, -0.1) is 0 Å². The van der Waals surface area contributed by atoms with Crippen molar-refractivity contribution in [3.8, 4) is 0 Å². The molecule has 0 radical (unpaired) electrons. The molecule has 7 heteroatoms. The molecule has 0 saturated carbocycles. The summed E-state index contributed by atoms with van der Waals surface area (Å²) in [6.45, 7) is 2.05. The molecule has 1 aromatic heterocycles. The van der Waals surface area contributed by atoms with E-state index in [-0.39, 0.29) is 35.9 Å². The molecular formula is C23H25N3O4. The summed E-state index contributed by atoms with van der Waals surface area (Å²) in [6.07, 6.45) is 1.31. The number of hydrogen-bond donors (Lipinski definition) is 0. The first-order chi connectivity index (χ1) is 14.6. The van der Waals surface area contributed by atoms with Crippen molar-refractivity contribution in [1.82, 2.24) is 14.4 Å². The van der Waals surface area contributed by atoms with Gasteiger partial charge < -0.3 is 14.2 Å². The van der Waals surface area contributed by atoms with Crippen molar-refractivity contribution in [2.24, 2.45) is 5.92 Å². The molecule has 3 atom stereocenters. The Morgan fingerprint density at radius 1 is 1.03 bits per heavy atom. The van der Waals surface area contributed by atoms with Crippen LogP contribution in [0.4, 0.5) is 4.79 Å². The van der Waals surface area contributed by atoms with E-state index in [1.54, 1.807) is 6.07 Å². The molecule has 30 heavy (non-hydrogen) atoms. The Labute approximate surface area is 174 Å². The fourth-order valence-corrected chi connectivity index (χ4v) is 5.20. The fraction of sp³-hybridized carbons (Fsp3) is 0.435. The van der Waals surface area contributed by atoms with E-state index in [0.717, 1.165) is 18.5 Å².